The molecular weight excluding hydrogens is 248 g/mol. The number of fused-ring (bicyclic) bond motifs is 1. The minimum absolute atomic E-state index is 0.0999. The molecule has 100 valence electrons. The first-order valence-electron chi connectivity index (χ1n) is 5.92. The van der Waals surface area contributed by atoms with E-state index in [1.807, 2.05) is 13.8 Å². The normalized spacial score (nSPS) is 10.9. The maximum Gasteiger partial charge on any atom is 0.418 e. The van der Waals surface area contributed by atoms with Crippen molar-refractivity contribution in [2.45, 2.75) is 13.8 Å². The van der Waals surface area contributed by atoms with Crippen molar-refractivity contribution < 1.29 is 14.5 Å². The summed E-state index contributed by atoms with van der Waals surface area (Å²) in [4.78, 5) is 22.4. The number of aromatic nitrogens is 1. The number of para-hydroxylation sites is 1. The summed E-state index contributed by atoms with van der Waals surface area (Å²) in [6.45, 7) is 4.12. The smallest absolute Gasteiger partial charge is 0.418 e. The topological polar surface area (TPSA) is 74.4 Å². The number of nitrogens with zero attached hydrogens (tertiary/aromatic N) is 2. The Kier molecular flexibility index (Phi) is 3.50. The third-order valence-electron chi connectivity index (χ3n) is 2.62. The van der Waals surface area contributed by atoms with Crippen LogP contribution in [0.15, 0.2) is 30.5 Å². The molecule has 2 rings (SSSR count). The average Bonchev–Trinajstić information content (AvgIpc) is 2.75. The van der Waals surface area contributed by atoms with Gasteiger partial charge in [-0.1, -0.05) is 26.0 Å². The maximum atomic E-state index is 11.9. The van der Waals surface area contributed by atoms with Gasteiger partial charge in [0, 0.05) is 0 Å². The number of carbonyl (C=O) groups excluding carboxylic acids is 1. The van der Waals surface area contributed by atoms with Crippen LogP contribution in [-0.4, -0.2) is 22.2 Å². The third kappa shape index (κ3) is 2.57. The molecule has 0 aliphatic heterocycles. The van der Waals surface area contributed by atoms with Crippen molar-refractivity contribution in [2.75, 3.05) is 6.61 Å². The number of hydrogen-bond acceptors (Lipinski definition) is 4. The van der Waals surface area contributed by atoms with E-state index in [0.29, 0.717) is 10.9 Å². The van der Waals surface area contributed by atoms with Crippen LogP contribution in [0.4, 0.5) is 10.5 Å². The van der Waals surface area contributed by atoms with Gasteiger partial charge in [-0.25, -0.2) is 9.36 Å². The highest BCUT2D eigenvalue weighted by Crippen LogP contribution is 2.27. The molecule has 2 aromatic rings. The molecule has 6 heteroatoms. The lowest BCUT2D eigenvalue weighted by atomic mass is 10.2. The molecule has 1 heterocycles. The van der Waals surface area contributed by atoms with Crippen molar-refractivity contribution in [3.63, 3.8) is 0 Å². The molecule has 19 heavy (non-hydrogen) atoms. The Morgan fingerprint density at radius 2 is 2.11 bits per heavy atom. The molecular formula is C13H14N2O4. The van der Waals surface area contributed by atoms with Gasteiger partial charge in [0.1, 0.15) is 0 Å². The highest BCUT2D eigenvalue weighted by molar-refractivity contribution is 5.95. The summed E-state index contributed by atoms with van der Waals surface area (Å²) < 4.78 is 6.27. The largest absolute Gasteiger partial charge is 0.449 e. The van der Waals surface area contributed by atoms with Crippen LogP contribution in [0.25, 0.3) is 10.9 Å². The monoisotopic (exact) mass is 262 g/mol. The predicted molar refractivity (Wildman–Crippen MR) is 70.2 cm³/mol. The summed E-state index contributed by atoms with van der Waals surface area (Å²) in [6.07, 6.45) is 0.603. The lowest BCUT2D eigenvalue weighted by molar-refractivity contribution is -0.383. The first-order valence-corrected chi connectivity index (χ1v) is 5.92. The Morgan fingerprint density at radius 1 is 1.42 bits per heavy atom. The molecule has 0 radical (unpaired) electrons. The van der Waals surface area contributed by atoms with Crippen LogP contribution >= 0.6 is 0 Å². The minimum Gasteiger partial charge on any atom is -0.449 e. The Morgan fingerprint density at radius 3 is 2.74 bits per heavy atom. The fraction of sp³-hybridized carbons (Fsp3) is 0.308. The molecule has 0 N–H and O–H groups in total. The summed E-state index contributed by atoms with van der Waals surface area (Å²) in [5.74, 6) is 0.209. The zero-order valence-corrected chi connectivity index (χ0v) is 10.7. The van der Waals surface area contributed by atoms with E-state index < -0.39 is 11.0 Å². The van der Waals surface area contributed by atoms with Crippen LogP contribution in [0, 0.1) is 16.0 Å². The molecule has 0 amide bonds. The van der Waals surface area contributed by atoms with E-state index >= 15 is 0 Å². The van der Waals surface area contributed by atoms with Crippen LogP contribution < -0.4 is 0 Å². The molecule has 0 saturated carbocycles. The molecule has 0 spiro atoms. The molecule has 1 aromatic heterocycles. The van der Waals surface area contributed by atoms with Crippen LogP contribution in [0.3, 0.4) is 0 Å². The molecule has 0 fully saturated rings. The van der Waals surface area contributed by atoms with Crippen LogP contribution in [0.2, 0.25) is 0 Å². The lowest BCUT2D eigenvalue weighted by Crippen LogP contribution is -2.15. The van der Waals surface area contributed by atoms with Gasteiger partial charge < -0.3 is 4.74 Å². The van der Waals surface area contributed by atoms with Crippen molar-refractivity contribution in [2.24, 2.45) is 5.92 Å². The number of carbonyl (C=O) groups is 1. The van der Waals surface area contributed by atoms with Gasteiger partial charge in [0.15, 0.2) is 0 Å². The van der Waals surface area contributed by atoms with Crippen LogP contribution in [0.1, 0.15) is 13.8 Å². The predicted octanol–water partition coefficient (Wildman–Crippen LogP) is 3.19. The molecule has 1 aromatic carbocycles. The maximum absolute atomic E-state index is 11.9. The number of ether oxygens (including phenoxy) is 1. The SMILES string of the molecule is CC(C)COC(=O)n1cc([N+](=O)[O-])c2ccccc21. The molecule has 0 saturated heterocycles. The van der Waals surface area contributed by atoms with E-state index in [9.17, 15) is 14.9 Å². The Balaban J connectivity index is 2.43. The summed E-state index contributed by atoms with van der Waals surface area (Å²) >= 11 is 0. The Labute approximate surface area is 109 Å². The van der Waals surface area contributed by atoms with E-state index in [4.69, 9.17) is 4.74 Å². The minimum atomic E-state index is -0.599. The molecule has 0 atom stereocenters. The van der Waals surface area contributed by atoms with E-state index in [-0.39, 0.29) is 18.2 Å². The first-order chi connectivity index (χ1) is 9.00. The van der Waals surface area contributed by atoms with Crippen molar-refractivity contribution >= 4 is 22.7 Å². The van der Waals surface area contributed by atoms with E-state index in [0.717, 1.165) is 0 Å². The summed E-state index contributed by atoms with van der Waals surface area (Å²) in [5, 5.41) is 11.4. The van der Waals surface area contributed by atoms with Gasteiger partial charge >= 0.3 is 6.09 Å². The molecule has 0 bridgehead atoms. The van der Waals surface area contributed by atoms with Crippen molar-refractivity contribution in [1.29, 1.82) is 0 Å². The second kappa shape index (κ2) is 5.09. The van der Waals surface area contributed by atoms with Gasteiger partial charge in [-0.3, -0.25) is 10.1 Å². The number of benzene rings is 1. The van der Waals surface area contributed by atoms with Crippen LogP contribution in [-0.2, 0) is 4.74 Å². The Bertz CT molecular complexity index is 631. The average molecular weight is 262 g/mol. The fourth-order valence-corrected chi connectivity index (χ4v) is 1.77. The standard InChI is InChI=1S/C13H14N2O4/c1-9(2)8-19-13(16)14-7-12(15(17)18)10-5-3-4-6-11(10)14/h3-7,9H,8H2,1-2H3. The van der Waals surface area contributed by atoms with Gasteiger partial charge in [-0.2, -0.15) is 0 Å². The second-order valence-corrected chi connectivity index (χ2v) is 4.63. The quantitative estimate of drug-likeness (QED) is 0.628. The summed E-state index contributed by atoms with van der Waals surface area (Å²) in [6, 6.07) is 6.68. The van der Waals surface area contributed by atoms with Crippen molar-refractivity contribution in [3.8, 4) is 0 Å². The zero-order valence-electron chi connectivity index (χ0n) is 10.7. The lowest BCUT2D eigenvalue weighted by Gasteiger charge is -2.07. The Hall–Kier alpha value is -2.37. The van der Waals surface area contributed by atoms with Crippen molar-refractivity contribution in [3.05, 3.63) is 40.6 Å². The van der Waals surface area contributed by atoms with E-state index in [1.165, 1.54) is 10.8 Å². The van der Waals surface area contributed by atoms with E-state index in [1.54, 1.807) is 24.3 Å². The highest BCUT2D eigenvalue weighted by Gasteiger charge is 2.21. The van der Waals surface area contributed by atoms with Crippen LogP contribution in [0.5, 0.6) is 0 Å². The fourth-order valence-electron chi connectivity index (χ4n) is 1.77. The molecule has 0 unspecified atom stereocenters. The molecule has 6 nitrogen and oxygen atoms in total. The van der Waals surface area contributed by atoms with Gasteiger partial charge in [-0.05, 0) is 18.1 Å². The van der Waals surface area contributed by atoms with Gasteiger partial charge in [0.2, 0.25) is 0 Å². The second-order valence-electron chi connectivity index (χ2n) is 4.63. The highest BCUT2D eigenvalue weighted by atomic mass is 16.6. The van der Waals surface area contributed by atoms with Gasteiger partial charge in [0.25, 0.3) is 5.69 Å². The number of hydrogen-bond donors (Lipinski definition) is 0. The molecule has 0 aliphatic carbocycles. The molecule has 0 aliphatic rings. The third-order valence-corrected chi connectivity index (χ3v) is 2.62. The first kappa shape index (κ1) is 13.1. The van der Waals surface area contributed by atoms with Gasteiger partial charge in [0.05, 0.1) is 28.6 Å². The summed E-state index contributed by atoms with van der Waals surface area (Å²) in [5.41, 5.74) is 0.375. The van der Waals surface area contributed by atoms with Crippen molar-refractivity contribution in [1.82, 2.24) is 4.57 Å². The number of nitro groups is 1. The number of rotatable bonds is 3. The summed E-state index contributed by atoms with van der Waals surface area (Å²) in [7, 11) is 0. The zero-order chi connectivity index (χ0) is 14.0. The van der Waals surface area contributed by atoms with E-state index in [2.05, 4.69) is 0 Å². The van der Waals surface area contributed by atoms with Gasteiger partial charge in [-0.15, -0.1) is 0 Å².